The standard InChI is InChI=1S/C10H16F3NO/c1-7(2)5-6-14(8(3)4)9(15)10(11,12)13/h5-8H,1-4H3/b6-5-. The highest BCUT2D eigenvalue weighted by Crippen LogP contribution is 2.20. The quantitative estimate of drug-likeness (QED) is 0.720. The number of carbonyl (C=O) groups excluding carboxylic acids is 1. The summed E-state index contributed by atoms with van der Waals surface area (Å²) in [5.41, 5.74) is 0. The van der Waals surface area contributed by atoms with Gasteiger partial charge >= 0.3 is 12.1 Å². The molecular formula is C10H16F3NO. The molecule has 0 aliphatic rings. The van der Waals surface area contributed by atoms with Crippen molar-refractivity contribution >= 4 is 5.91 Å². The van der Waals surface area contributed by atoms with Crippen molar-refractivity contribution < 1.29 is 18.0 Å². The van der Waals surface area contributed by atoms with Crippen LogP contribution < -0.4 is 0 Å². The molecule has 0 saturated carbocycles. The van der Waals surface area contributed by atoms with Crippen molar-refractivity contribution in [2.45, 2.75) is 39.9 Å². The lowest BCUT2D eigenvalue weighted by Crippen LogP contribution is -2.41. The molecule has 1 amide bonds. The summed E-state index contributed by atoms with van der Waals surface area (Å²) in [5, 5.41) is 0. The van der Waals surface area contributed by atoms with E-state index in [-0.39, 0.29) is 5.92 Å². The molecule has 0 atom stereocenters. The number of carbonyl (C=O) groups is 1. The van der Waals surface area contributed by atoms with Gasteiger partial charge in [-0.25, -0.2) is 0 Å². The summed E-state index contributed by atoms with van der Waals surface area (Å²) in [4.78, 5) is 11.7. The van der Waals surface area contributed by atoms with Gasteiger partial charge in [0.2, 0.25) is 0 Å². The van der Waals surface area contributed by atoms with Gasteiger partial charge in [0.1, 0.15) is 0 Å². The summed E-state index contributed by atoms with van der Waals surface area (Å²) >= 11 is 0. The molecule has 15 heavy (non-hydrogen) atoms. The van der Waals surface area contributed by atoms with Crippen LogP contribution in [0, 0.1) is 5.92 Å². The highest BCUT2D eigenvalue weighted by atomic mass is 19.4. The average Bonchev–Trinajstić information content (AvgIpc) is 2.01. The maximum absolute atomic E-state index is 12.2. The fraction of sp³-hybridized carbons (Fsp3) is 0.700. The van der Waals surface area contributed by atoms with Crippen LogP contribution in [0.1, 0.15) is 27.7 Å². The molecule has 5 heteroatoms. The van der Waals surface area contributed by atoms with Gasteiger partial charge in [0, 0.05) is 12.2 Å². The Morgan fingerprint density at radius 3 is 1.93 bits per heavy atom. The van der Waals surface area contributed by atoms with Crippen LogP contribution >= 0.6 is 0 Å². The van der Waals surface area contributed by atoms with Crippen LogP contribution in [-0.2, 0) is 4.79 Å². The Morgan fingerprint density at radius 2 is 1.67 bits per heavy atom. The number of rotatable bonds is 3. The van der Waals surface area contributed by atoms with Gasteiger partial charge < -0.3 is 4.90 Å². The van der Waals surface area contributed by atoms with Gasteiger partial charge in [-0.2, -0.15) is 13.2 Å². The number of hydrogen-bond acceptors (Lipinski definition) is 1. The van der Waals surface area contributed by atoms with Gasteiger partial charge in [0.05, 0.1) is 0 Å². The van der Waals surface area contributed by atoms with Crippen molar-refractivity contribution in [1.29, 1.82) is 0 Å². The summed E-state index contributed by atoms with van der Waals surface area (Å²) in [6.45, 7) is 6.72. The van der Waals surface area contributed by atoms with Gasteiger partial charge in [-0.1, -0.05) is 19.9 Å². The highest BCUT2D eigenvalue weighted by Gasteiger charge is 2.42. The molecule has 0 unspecified atom stereocenters. The van der Waals surface area contributed by atoms with E-state index in [2.05, 4.69) is 0 Å². The summed E-state index contributed by atoms with van der Waals surface area (Å²) in [6, 6.07) is -0.505. The van der Waals surface area contributed by atoms with Crippen LogP contribution in [0.5, 0.6) is 0 Å². The summed E-state index contributed by atoms with van der Waals surface area (Å²) in [6.07, 6.45) is -2.06. The molecule has 0 heterocycles. The first kappa shape index (κ1) is 14.0. The maximum Gasteiger partial charge on any atom is 0.471 e. The normalized spacial score (nSPS) is 12.9. The summed E-state index contributed by atoms with van der Waals surface area (Å²) < 4.78 is 36.5. The first-order chi connectivity index (χ1) is 6.66. The van der Waals surface area contributed by atoms with E-state index in [0.29, 0.717) is 4.90 Å². The fourth-order valence-electron chi connectivity index (χ4n) is 0.886. The van der Waals surface area contributed by atoms with Crippen LogP contribution in [0.25, 0.3) is 0 Å². The molecule has 0 aliphatic carbocycles. The monoisotopic (exact) mass is 223 g/mol. The second-order valence-electron chi connectivity index (χ2n) is 3.89. The third kappa shape index (κ3) is 4.85. The van der Waals surface area contributed by atoms with E-state index in [1.807, 2.05) is 13.8 Å². The molecular weight excluding hydrogens is 207 g/mol. The van der Waals surface area contributed by atoms with Crippen LogP contribution in [0.4, 0.5) is 13.2 Å². The van der Waals surface area contributed by atoms with Gasteiger partial charge in [-0.15, -0.1) is 0 Å². The Hall–Kier alpha value is -1.00. The minimum absolute atomic E-state index is 0.104. The van der Waals surface area contributed by atoms with E-state index in [4.69, 9.17) is 0 Å². The van der Waals surface area contributed by atoms with Crippen LogP contribution in [-0.4, -0.2) is 23.0 Å². The minimum Gasteiger partial charge on any atom is -0.309 e. The van der Waals surface area contributed by atoms with E-state index >= 15 is 0 Å². The van der Waals surface area contributed by atoms with Crippen molar-refractivity contribution in [2.24, 2.45) is 5.92 Å². The lowest BCUT2D eigenvalue weighted by atomic mass is 10.2. The van der Waals surface area contributed by atoms with Crippen molar-refractivity contribution in [2.75, 3.05) is 0 Å². The summed E-state index contributed by atoms with van der Waals surface area (Å²) in [7, 11) is 0. The maximum atomic E-state index is 12.2. The molecule has 0 aromatic carbocycles. The highest BCUT2D eigenvalue weighted by molar-refractivity contribution is 5.83. The largest absolute Gasteiger partial charge is 0.471 e. The number of alkyl halides is 3. The zero-order valence-corrected chi connectivity index (χ0v) is 9.30. The lowest BCUT2D eigenvalue weighted by Gasteiger charge is -2.23. The SMILES string of the molecule is CC(C)/C=C\N(C(=O)C(F)(F)F)C(C)C. The second-order valence-corrected chi connectivity index (χ2v) is 3.89. The average molecular weight is 223 g/mol. The molecule has 0 saturated heterocycles. The number of nitrogens with zero attached hydrogens (tertiary/aromatic N) is 1. The molecule has 2 nitrogen and oxygen atoms in total. The van der Waals surface area contributed by atoms with E-state index in [0.717, 1.165) is 0 Å². The molecule has 88 valence electrons. The van der Waals surface area contributed by atoms with E-state index < -0.39 is 18.1 Å². The number of amides is 1. The predicted molar refractivity (Wildman–Crippen MR) is 52.0 cm³/mol. The zero-order valence-electron chi connectivity index (χ0n) is 9.30. The number of halogens is 3. The minimum atomic E-state index is -4.81. The topological polar surface area (TPSA) is 20.3 Å². The van der Waals surface area contributed by atoms with Crippen LogP contribution in [0.3, 0.4) is 0 Å². The first-order valence-corrected chi connectivity index (χ1v) is 4.74. The molecule has 0 fully saturated rings. The van der Waals surface area contributed by atoms with Crippen molar-refractivity contribution in [1.82, 2.24) is 4.90 Å². The van der Waals surface area contributed by atoms with Crippen molar-refractivity contribution in [3.8, 4) is 0 Å². The Morgan fingerprint density at radius 1 is 1.20 bits per heavy atom. The number of allylic oxidation sites excluding steroid dienone is 1. The molecule has 0 rings (SSSR count). The Bertz CT molecular complexity index is 244. The molecule has 0 N–H and O–H groups in total. The molecule has 0 aliphatic heterocycles. The van der Waals surface area contributed by atoms with E-state index in [1.54, 1.807) is 6.08 Å². The smallest absolute Gasteiger partial charge is 0.309 e. The molecule has 0 radical (unpaired) electrons. The third-order valence-electron chi connectivity index (χ3n) is 1.66. The third-order valence-corrected chi connectivity index (χ3v) is 1.66. The molecule has 0 bridgehead atoms. The number of hydrogen-bond donors (Lipinski definition) is 0. The molecule has 0 aromatic heterocycles. The van der Waals surface area contributed by atoms with Gasteiger partial charge in [0.25, 0.3) is 0 Å². The van der Waals surface area contributed by atoms with E-state index in [1.165, 1.54) is 20.0 Å². The molecule has 0 aromatic rings. The Kier molecular flexibility index (Phi) is 4.84. The summed E-state index contributed by atoms with van der Waals surface area (Å²) in [5.74, 6) is -1.72. The Labute approximate surface area is 87.8 Å². The van der Waals surface area contributed by atoms with Crippen molar-refractivity contribution in [3.05, 3.63) is 12.3 Å². The molecule has 0 spiro atoms. The van der Waals surface area contributed by atoms with Gasteiger partial charge in [-0.3, -0.25) is 4.79 Å². The van der Waals surface area contributed by atoms with Crippen LogP contribution in [0.2, 0.25) is 0 Å². The predicted octanol–water partition coefficient (Wildman–Crippen LogP) is 2.96. The van der Waals surface area contributed by atoms with Crippen molar-refractivity contribution in [3.63, 3.8) is 0 Å². The van der Waals surface area contributed by atoms with E-state index in [9.17, 15) is 18.0 Å². The second kappa shape index (κ2) is 5.19. The zero-order chi connectivity index (χ0) is 12.2. The Balaban J connectivity index is 4.76. The lowest BCUT2D eigenvalue weighted by molar-refractivity contribution is -0.184. The van der Waals surface area contributed by atoms with Gasteiger partial charge in [-0.05, 0) is 19.8 Å². The fourth-order valence-corrected chi connectivity index (χ4v) is 0.886. The first-order valence-electron chi connectivity index (χ1n) is 4.74. The van der Waals surface area contributed by atoms with Gasteiger partial charge in [0.15, 0.2) is 0 Å². The van der Waals surface area contributed by atoms with Crippen LogP contribution in [0.15, 0.2) is 12.3 Å².